The maximum atomic E-state index is 13.2. The molecule has 1 aromatic heterocycles. The van der Waals surface area contributed by atoms with Gasteiger partial charge in [-0.3, -0.25) is 24.2 Å². The van der Waals surface area contributed by atoms with E-state index in [1.165, 1.54) is 42.7 Å². The predicted octanol–water partition coefficient (Wildman–Crippen LogP) is 5.98. The van der Waals surface area contributed by atoms with Crippen molar-refractivity contribution in [2.24, 2.45) is 5.92 Å². The number of aromatic nitrogens is 1. The summed E-state index contributed by atoms with van der Waals surface area (Å²) in [5.74, 6) is -0.928. The molecule has 43 heavy (non-hydrogen) atoms. The van der Waals surface area contributed by atoms with Gasteiger partial charge < -0.3 is 14.2 Å². The van der Waals surface area contributed by atoms with Gasteiger partial charge in [0.05, 0.1) is 33.5 Å². The lowest BCUT2D eigenvalue weighted by atomic mass is 10.0. The van der Waals surface area contributed by atoms with Crippen LogP contribution in [0, 0.1) is 16.0 Å². The maximum Gasteiger partial charge on any atom is 0.387 e. The number of pyridine rings is 1. The second kappa shape index (κ2) is 13.7. The highest BCUT2D eigenvalue weighted by Gasteiger charge is 2.28. The van der Waals surface area contributed by atoms with Crippen LogP contribution in [0.2, 0.25) is 10.0 Å². The van der Waals surface area contributed by atoms with Crippen LogP contribution in [0.5, 0.6) is 11.5 Å². The van der Waals surface area contributed by atoms with Gasteiger partial charge in [-0.25, -0.2) is 8.42 Å². The van der Waals surface area contributed by atoms with E-state index in [4.69, 9.17) is 32.7 Å². The van der Waals surface area contributed by atoms with Gasteiger partial charge in [0.15, 0.2) is 11.5 Å². The Labute approximate surface area is 255 Å². The van der Waals surface area contributed by atoms with Crippen LogP contribution in [0.4, 0.5) is 20.2 Å². The molecule has 0 aliphatic heterocycles. The number of carbonyl (C=O) groups is 1. The minimum atomic E-state index is -4.05. The van der Waals surface area contributed by atoms with Crippen molar-refractivity contribution in [3.63, 3.8) is 0 Å². The van der Waals surface area contributed by atoms with E-state index >= 15 is 0 Å². The number of nitro benzene ring substituents is 1. The van der Waals surface area contributed by atoms with Crippen molar-refractivity contribution in [1.29, 1.82) is 0 Å². The van der Waals surface area contributed by atoms with Crippen molar-refractivity contribution in [1.82, 2.24) is 4.98 Å². The first kappa shape index (κ1) is 32.2. The monoisotopic (exact) mass is 659 g/mol. The average Bonchev–Trinajstić information content (AvgIpc) is 3.76. The minimum absolute atomic E-state index is 0.00122. The smallest absolute Gasteiger partial charge is 0.387 e. The van der Waals surface area contributed by atoms with Crippen LogP contribution in [0.3, 0.4) is 0 Å². The number of halogens is 4. The highest BCUT2D eigenvalue weighted by atomic mass is 35.5. The summed E-state index contributed by atoms with van der Waals surface area (Å²) in [5, 5.41) is 11.3. The molecule has 0 radical (unpaired) electrons. The molecule has 1 heterocycles. The van der Waals surface area contributed by atoms with Crippen LogP contribution in [-0.2, 0) is 26.0 Å². The number of nitrogens with zero attached hydrogens (tertiary/aromatic N) is 3. The van der Waals surface area contributed by atoms with Crippen molar-refractivity contribution >= 4 is 50.6 Å². The van der Waals surface area contributed by atoms with Gasteiger partial charge >= 0.3 is 12.6 Å². The number of hydrogen-bond acceptors (Lipinski definition) is 9. The number of anilines is 1. The van der Waals surface area contributed by atoms with E-state index in [0.29, 0.717) is 11.1 Å². The lowest BCUT2D eigenvalue weighted by Gasteiger charge is -2.25. The first-order valence-electron chi connectivity index (χ1n) is 12.7. The zero-order chi connectivity index (χ0) is 31.3. The minimum Gasteiger partial charge on any atom is -0.489 e. The van der Waals surface area contributed by atoms with E-state index in [1.54, 1.807) is 0 Å². The molecule has 1 fully saturated rings. The number of rotatable bonds is 14. The molecule has 1 atom stereocenters. The summed E-state index contributed by atoms with van der Waals surface area (Å²) in [7, 11) is -4.05. The Bertz CT molecular complexity index is 1570. The Morgan fingerprint density at radius 2 is 1.77 bits per heavy atom. The summed E-state index contributed by atoms with van der Waals surface area (Å²) in [5.41, 5.74) is 0.377. The summed E-state index contributed by atoms with van der Waals surface area (Å²) < 4.78 is 68.1. The summed E-state index contributed by atoms with van der Waals surface area (Å²) in [6.45, 7) is -3.63. The predicted molar refractivity (Wildman–Crippen MR) is 153 cm³/mol. The highest BCUT2D eigenvalue weighted by molar-refractivity contribution is 7.92. The van der Waals surface area contributed by atoms with E-state index < -0.39 is 40.2 Å². The van der Waals surface area contributed by atoms with Crippen LogP contribution in [0.25, 0.3) is 0 Å². The van der Waals surface area contributed by atoms with Gasteiger partial charge in [-0.15, -0.1) is 0 Å². The third kappa shape index (κ3) is 8.88. The van der Waals surface area contributed by atoms with Crippen molar-refractivity contribution < 1.29 is 41.1 Å². The molecule has 0 bridgehead atoms. The molecule has 1 aliphatic carbocycles. The fourth-order valence-electron chi connectivity index (χ4n) is 4.02. The normalized spacial score (nSPS) is 13.8. The van der Waals surface area contributed by atoms with Crippen molar-refractivity contribution in [2.45, 2.75) is 32.0 Å². The number of nitro groups is 1. The number of ether oxygens (including phenoxy) is 3. The maximum absolute atomic E-state index is 13.2. The molecule has 11 nitrogen and oxygen atoms in total. The Morgan fingerprint density at radius 3 is 2.33 bits per heavy atom. The second-order valence-electron chi connectivity index (χ2n) is 9.65. The fourth-order valence-corrected chi connectivity index (χ4v) is 5.39. The number of hydrogen-bond donors (Lipinski definition) is 0. The van der Waals surface area contributed by atoms with Crippen LogP contribution >= 0.6 is 23.2 Å². The molecule has 0 amide bonds. The molecular weight excluding hydrogens is 635 g/mol. The third-order valence-corrected chi connectivity index (χ3v) is 8.16. The Morgan fingerprint density at radius 1 is 1.12 bits per heavy atom. The molecule has 2 aromatic carbocycles. The number of carbonyl (C=O) groups excluding carboxylic acids is 1. The van der Waals surface area contributed by atoms with E-state index in [2.05, 4.69) is 9.72 Å². The standard InChI is InChI=1S/C27H25Cl2F2N3O8S/c1-43(38,39)33(18-5-7-19(8-6-18)34(36)37)14-26(35)41-24(11-20-21(28)12-32-13-22(20)29)17-4-9-23(42-27(30)31)25(10-17)40-15-16-2-3-16/h4-10,12-13,16,24,27H,2-3,11,14-15H2,1H3/t24-/m0/s1. The topological polar surface area (TPSA) is 138 Å². The number of non-ortho nitro benzene ring substituents is 1. The zero-order valence-corrected chi connectivity index (χ0v) is 24.8. The summed E-state index contributed by atoms with van der Waals surface area (Å²) in [6.07, 6.45) is 4.18. The molecular formula is C27H25Cl2F2N3O8S. The molecule has 0 saturated heterocycles. The van der Waals surface area contributed by atoms with Gasteiger partial charge in [0, 0.05) is 30.9 Å². The van der Waals surface area contributed by atoms with Crippen LogP contribution in [-0.4, -0.2) is 50.3 Å². The largest absolute Gasteiger partial charge is 0.489 e. The van der Waals surface area contributed by atoms with Crippen LogP contribution in [0.1, 0.15) is 30.1 Å². The van der Waals surface area contributed by atoms with Gasteiger partial charge in [-0.1, -0.05) is 29.3 Å². The van der Waals surface area contributed by atoms with E-state index in [-0.39, 0.29) is 51.9 Å². The number of sulfonamides is 1. The first-order chi connectivity index (χ1) is 20.3. The molecule has 4 rings (SSSR count). The van der Waals surface area contributed by atoms with E-state index in [0.717, 1.165) is 35.5 Å². The summed E-state index contributed by atoms with van der Waals surface area (Å²) >= 11 is 12.6. The Balaban J connectivity index is 1.66. The third-order valence-electron chi connectivity index (χ3n) is 6.36. The SMILES string of the molecule is CS(=O)(=O)N(CC(=O)O[C@@H](Cc1c(Cl)cncc1Cl)c1ccc(OC(F)F)c(OCC2CC2)c1)c1ccc([N+](=O)[O-])cc1. The average molecular weight is 660 g/mol. The van der Waals surface area contributed by atoms with Crippen LogP contribution < -0.4 is 13.8 Å². The quantitative estimate of drug-likeness (QED) is 0.116. The molecule has 1 aliphatic rings. The lowest BCUT2D eigenvalue weighted by molar-refractivity contribution is -0.384. The zero-order valence-electron chi connectivity index (χ0n) is 22.5. The van der Waals surface area contributed by atoms with Gasteiger partial charge in [0.2, 0.25) is 10.0 Å². The van der Waals surface area contributed by atoms with Crippen molar-refractivity contribution in [2.75, 3.05) is 23.7 Å². The van der Waals surface area contributed by atoms with Crippen molar-refractivity contribution in [3.05, 3.63) is 86.1 Å². The van der Waals surface area contributed by atoms with Gasteiger partial charge in [-0.2, -0.15) is 8.78 Å². The fraction of sp³-hybridized carbons (Fsp3) is 0.333. The number of benzene rings is 2. The van der Waals surface area contributed by atoms with Crippen LogP contribution in [0.15, 0.2) is 54.9 Å². The Kier molecular flexibility index (Phi) is 10.2. The molecule has 3 aromatic rings. The van der Waals surface area contributed by atoms with Crippen molar-refractivity contribution in [3.8, 4) is 11.5 Å². The van der Waals surface area contributed by atoms with Gasteiger partial charge in [0.1, 0.15) is 12.6 Å². The molecule has 16 heteroatoms. The van der Waals surface area contributed by atoms with E-state index in [9.17, 15) is 32.1 Å². The highest BCUT2D eigenvalue weighted by Crippen LogP contribution is 2.38. The molecule has 0 spiro atoms. The first-order valence-corrected chi connectivity index (χ1v) is 15.3. The summed E-state index contributed by atoms with van der Waals surface area (Å²) in [4.78, 5) is 27.5. The molecule has 0 unspecified atom stereocenters. The number of alkyl halides is 2. The lowest BCUT2D eigenvalue weighted by Crippen LogP contribution is -2.36. The Hall–Kier alpha value is -3.75. The molecule has 1 saturated carbocycles. The number of esters is 1. The second-order valence-corrected chi connectivity index (χ2v) is 12.4. The van der Waals surface area contributed by atoms with E-state index in [1.807, 2.05) is 0 Å². The molecule has 230 valence electrons. The van der Waals surface area contributed by atoms with Gasteiger partial charge in [-0.05, 0) is 54.2 Å². The molecule has 0 N–H and O–H groups in total. The summed E-state index contributed by atoms with van der Waals surface area (Å²) in [6, 6.07) is 8.61. The van der Waals surface area contributed by atoms with Gasteiger partial charge in [0.25, 0.3) is 5.69 Å².